The number of carbonyl (C=O) groups is 2. The highest BCUT2D eigenvalue weighted by Gasteiger charge is 2.62. The van der Waals surface area contributed by atoms with E-state index < -0.39 is 23.6 Å². The molecule has 1 aromatic carbocycles. The van der Waals surface area contributed by atoms with Gasteiger partial charge in [-0.15, -0.1) is 0 Å². The Morgan fingerprint density at radius 3 is 2.39 bits per heavy atom. The number of carbonyl (C=O) groups excluding carboxylic acids is 1. The normalized spacial score (nSPS) is 22.3. The molecule has 1 fully saturated rings. The van der Waals surface area contributed by atoms with Crippen LogP contribution in [0.3, 0.4) is 0 Å². The van der Waals surface area contributed by atoms with Gasteiger partial charge in [0.25, 0.3) is 0 Å². The number of ether oxygens (including phenoxy) is 1. The first-order chi connectivity index (χ1) is 10.4. The van der Waals surface area contributed by atoms with E-state index in [1.807, 2.05) is 13.8 Å². The number of anilines is 1. The van der Waals surface area contributed by atoms with E-state index in [0.29, 0.717) is 10.7 Å². The smallest absolute Gasteiger partial charge is 0.412 e. The van der Waals surface area contributed by atoms with Crippen LogP contribution in [0.1, 0.15) is 46.1 Å². The van der Waals surface area contributed by atoms with Crippen molar-refractivity contribution in [2.45, 2.75) is 46.1 Å². The Balaban J connectivity index is 2.21. The van der Waals surface area contributed by atoms with Gasteiger partial charge in [0.15, 0.2) is 0 Å². The number of hydrogen-bond donors (Lipinski definition) is 2. The number of halogens is 1. The number of hydrogen-bond acceptors (Lipinski definition) is 3. The maximum absolute atomic E-state index is 11.9. The van der Waals surface area contributed by atoms with Crippen molar-refractivity contribution < 1.29 is 19.4 Å². The number of rotatable bonds is 3. The first-order valence-electron chi connectivity index (χ1n) is 7.46. The van der Waals surface area contributed by atoms with Gasteiger partial charge in [-0.2, -0.15) is 0 Å². The quantitative estimate of drug-likeness (QED) is 0.849. The molecule has 1 amide bonds. The topological polar surface area (TPSA) is 75.6 Å². The second-order valence-electron chi connectivity index (χ2n) is 7.48. The maximum Gasteiger partial charge on any atom is 0.412 e. The molecule has 0 bridgehead atoms. The molecule has 0 spiro atoms. The van der Waals surface area contributed by atoms with E-state index >= 15 is 0 Å². The third-order valence-electron chi connectivity index (χ3n) is 4.08. The van der Waals surface area contributed by atoms with Crippen molar-refractivity contribution in [3.63, 3.8) is 0 Å². The fourth-order valence-electron chi connectivity index (χ4n) is 2.97. The predicted octanol–water partition coefficient (Wildman–Crippen LogP) is 4.51. The third-order valence-corrected chi connectivity index (χ3v) is 4.41. The third kappa shape index (κ3) is 3.78. The van der Waals surface area contributed by atoms with Crippen LogP contribution in [0.4, 0.5) is 10.5 Å². The van der Waals surface area contributed by atoms with Gasteiger partial charge in [0, 0.05) is 5.92 Å². The van der Waals surface area contributed by atoms with E-state index in [-0.39, 0.29) is 11.3 Å². The summed E-state index contributed by atoms with van der Waals surface area (Å²) in [7, 11) is 0. The van der Waals surface area contributed by atoms with Crippen LogP contribution in [0, 0.1) is 11.3 Å². The van der Waals surface area contributed by atoms with Crippen molar-refractivity contribution in [1.29, 1.82) is 0 Å². The summed E-state index contributed by atoms with van der Waals surface area (Å²) < 4.78 is 5.21. The number of carboxylic acids is 1. The molecular weight excluding hydrogens is 318 g/mol. The zero-order valence-corrected chi connectivity index (χ0v) is 14.7. The molecule has 126 valence electrons. The first kappa shape index (κ1) is 17.6. The van der Waals surface area contributed by atoms with E-state index in [0.717, 1.165) is 5.56 Å². The molecule has 1 aliphatic carbocycles. The van der Waals surface area contributed by atoms with Gasteiger partial charge in [-0.25, -0.2) is 4.79 Å². The maximum atomic E-state index is 11.9. The van der Waals surface area contributed by atoms with Gasteiger partial charge < -0.3 is 9.84 Å². The largest absolute Gasteiger partial charge is 0.481 e. The minimum absolute atomic E-state index is 0.101. The summed E-state index contributed by atoms with van der Waals surface area (Å²) >= 11 is 6.12. The number of aliphatic carboxylic acids is 1. The number of carboxylic acid groups (broad SMARTS) is 1. The molecule has 0 aliphatic heterocycles. The van der Waals surface area contributed by atoms with Crippen LogP contribution in [0.25, 0.3) is 0 Å². The average molecular weight is 340 g/mol. The lowest BCUT2D eigenvalue weighted by atomic mass is 10.0. The van der Waals surface area contributed by atoms with Crippen LogP contribution in [0.5, 0.6) is 0 Å². The van der Waals surface area contributed by atoms with Crippen molar-refractivity contribution in [1.82, 2.24) is 0 Å². The van der Waals surface area contributed by atoms with Crippen LogP contribution >= 0.6 is 11.6 Å². The molecule has 1 aliphatic rings. The number of amides is 1. The zero-order valence-electron chi connectivity index (χ0n) is 13.9. The van der Waals surface area contributed by atoms with E-state index in [1.54, 1.807) is 39.0 Å². The fraction of sp³-hybridized carbons (Fsp3) is 0.529. The molecular formula is C17H22ClNO4. The van der Waals surface area contributed by atoms with E-state index in [9.17, 15) is 14.7 Å². The van der Waals surface area contributed by atoms with Crippen molar-refractivity contribution in [2.24, 2.45) is 11.3 Å². The van der Waals surface area contributed by atoms with Gasteiger partial charge in [-0.3, -0.25) is 10.1 Å². The summed E-state index contributed by atoms with van der Waals surface area (Å²) in [5, 5.41) is 12.3. The summed E-state index contributed by atoms with van der Waals surface area (Å²) in [6, 6.07) is 5.19. The molecule has 0 aromatic heterocycles. The standard InChI is InChI=1S/C17H22ClNO4/c1-16(2,3)23-15(22)19-11-8-9(6-7-10(11)18)12-13(14(20)21)17(12,4)5/h6-8,12-13H,1-5H3,(H,19,22)(H,20,21)/t12-,13+/m1/s1. The minimum Gasteiger partial charge on any atom is -0.481 e. The second kappa shape index (κ2) is 5.71. The predicted molar refractivity (Wildman–Crippen MR) is 89.0 cm³/mol. The van der Waals surface area contributed by atoms with Gasteiger partial charge in [0.2, 0.25) is 0 Å². The van der Waals surface area contributed by atoms with Gasteiger partial charge in [-0.1, -0.05) is 31.5 Å². The van der Waals surface area contributed by atoms with Crippen LogP contribution in [0.2, 0.25) is 5.02 Å². The van der Waals surface area contributed by atoms with Gasteiger partial charge in [-0.05, 0) is 43.9 Å². The summed E-state index contributed by atoms with van der Waals surface area (Å²) in [6.07, 6.45) is -0.596. The number of nitrogens with one attached hydrogen (secondary N) is 1. The van der Waals surface area contributed by atoms with Crippen molar-refractivity contribution in [2.75, 3.05) is 5.32 Å². The average Bonchev–Trinajstić information content (AvgIpc) is 2.93. The summed E-state index contributed by atoms with van der Waals surface area (Å²) in [4.78, 5) is 23.2. The molecule has 5 nitrogen and oxygen atoms in total. The lowest BCUT2D eigenvalue weighted by Gasteiger charge is -2.20. The molecule has 2 atom stereocenters. The molecule has 0 radical (unpaired) electrons. The zero-order chi connectivity index (χ0) is 17.6. The molecule has 2 rings (SSSR count). The Bertz CT molecular complexity index is 648. The highest BCUT2D eigenvalue weighted by atomic mass is 35.5. The summed E-state index contributed by atoms with van der Waals surface area (Å²) in [6.45, 7) is 9.16. The van der Waals surface area contributed by atoms with Gasteiger partial charge in [0.05, 0.1) is 16.6 Å². The van der Waals surface area contributed by atoms with Crippen molar-refractivity contribution in [3.8, 4) is 0 Å². The molecule has 1 saturated carbocycles. The first-order valence-corrected chi connectivity index (χ1v) is 7.83. The van der Waals surface area contributed by atoms with Crippen LogP contribution in [-0.4, -0.2) is 22.8 Å². The Morgan fingerprint density at radius 1 is 1.30 bits per heavy atom. The minimum atomic E-state index is -0.809. The van der Waals surface area contributed by atoms with Crippen LogP contribution < -0.4 is 5.32 Å². The lowest BCUT2D eigenvalue weighted by molar-refractivity contribution is -0.139. The molecule has 23 heavy (non-hydrogen) atoms. The SMILES string of the molecule is CC(C)(C)OC(=O)Nc1cc([C@@H]2[C@@H](C(=O)O)C2(C)C)ccc1Cl. The Labute approximate surface area is 141 Å². The second-order valence-corrected chi connectivity index (χ2v) is 7.89. The molecule has 0 heterocycles. The van der Waals surface area contributed by atoms with Gasteiger partial charge >= 0.3 is 12.1 Å². The van der Waals surface area contributed by atoms with Crippen LogP contribution in [-0.2, 0) is 9.53 Å². The van der Waals surface area contributed by atoms with Crippen LogP contribution in [0.15, 0.2) is 18.2 Å². The Morgan fingerprint density at radius 2 is 1.91 bits per heavy atom. The number of benzene rings is 1. The molecule has 6 heteroatoms. The molecule has 2 N–H and O–H groups in total. The van der Waals surface area contributed by atoms with Crippen molar-refractivity contribution in [3.05, 3.63) is 28.8 Å². The highest BCUT2D eigenvalue weighted by Crippen LogP contribution is 2.64. The van der Waals surface area contributed by atoms with E-state index in [2.05, 4.69) is 5.32 Å². The van der Waals surface area contributed by atoms with E-state index in [1.165, 1.54) is 0 Å². The van der Waals surface area contributed by atoms with Crippen molar-refractivity contribution >= 4 is 29.4 Å². The summed E-state index contributed by atoms with van der Waals surface area (Å²) in [5.74, 6) is -1.34. The van der Waals surface area contributed by atoms with Gasteiger partial charge in [0.1, 0.15) is 5.60 Å². The molecule has 1 aromatic rings. The Hall–Kier alpha value is -1.75. The molecule has 0 unspecified atom stereocenters. The monoisotopic (exact) mass is 339 g/mol. The molecule has 0 saturated heterocycles. The summed E-state index contributed by atoms with van der Waals surface area (Å²) in [5.41, 5.74) is 0.340. The highest BCUT2D eigenvalue weighted by molar-refractivity contribution is 6.33. The van der Waals surface area contributed by atoms with E-state index in [4.69, 9.17) is 16.3 Å². The lowest BCUT2D eigenvalue weighted by Crippen LogP contribution is -2.27. The Kier molecular flexibility index (Phi) is 4.37. The fourth-order valence-corrected chi connectivity index (χ4v) is 3.13.